The maximum atomic E-state index is 13.0. The predicted molar refractivity (Wildman–Crippen MR) is 103 cm³/mol. The number of piperidine rings is 1. The largest absolute Gasteiger partial charge is 0.372 e. The molecule has 0 unspecified atom stereocenters. The van der Waals surface area contributed by atoms with E-state index < -0.39 is 11.3 Å². The Kier molecular flexibility index (Phi) is 5.42. The fourth-order valence-corrected chi connectivity index (χ4v) is 4.44. The number of nitrogens with zero attached hydrogens (tertiary/aromatic N) is 3. The molecule has 0 aromatic heterocycles. The van der Waals surface area contributed by atoms with Gasteiger partial charge in [0.15, 0.2) is 0 Å². The molecule has 5 heteroatoms. The highest BCUT2D eigenvalue weighted by atomic mass is 16.1. The molecule has 0 bridgehead atoms. The number of benzene rings is 1. The minimum atomic E-state index is -1.30. The van der Waals surface area contributed by atoms with Crippen LogP contribution in [0.2, 0.25) is 0 Å². The number of hydrogen-bond acceptors (Lipinski definition) is 5. The minimum absolute atomic E-state index is 0.00178. The van der Waals surface area contributed by atoms with E-state index in [9.17, 15) is 15.3 Å². The summed E-state index contributed by atoms with van der Waals surface area (Å²) >= 11 is 0. The molecule has 1 saturated heterocycles. The number of carbonyl (C=O) groups excluding carboxylic acids is 1. The average molecular weight is 360 g/mol. The van der Waals surface area contributed by atoms with Gasteiger partial charge in [-0.05, 0) is 31.2 Å². The third-order valence-corrected chi connectivity index (χ3v) is 5.61. The van der Waals surface area contributed by atoms with Crippen molar-refractivity contribution in [3.8, 4) is 12.1 Å². The minimum Gasteiger partial charge on any atom is -0.372 e. The fraction of sp³-hybridized carbons (Fsp3) is 0.455. The van der Waals surface area contributed by atoms with Gasteiger partial charge in [-0.25, -0.2) is 0 Å². The number of nitriles is 2. The molecule has 3 rings (SSSR count). The molecule has 1 aromatic carbocycles. The van der Waals surface area contributed by atoms with Crippen molar-refractivity contribution in [1.29, 1.82) is 15.9 Å². The predicted octanol–water partition coefficient (Wildman–Crippen LogP) is 3.73. The first-order valence-electron chi connectivity index (χ1n) is 9.59. The summed E-state index contributed by atoms with van der Waals surface area (Å²) in [6.45, 7) is 3.41. The molecular formula is C22H24N4O. The van der Waals surface area contributed by atoms with Crippen LogP contribution in [0.5, 0.6) is 0 Å². The van der Waals surface area contributed by atoms with E-state index in [1.54, 1.807) is 0 Å². The van der Waals surface area contributed by atoms with E-state index in [1.165, 1.54) is 0 Å². The Morgan fingerprint density at radius 3 is 2.44 bits per heavy atom. The van der Waals surface area contributed by atoms with Crippen LogP contribution in [0.4, 0.5) is 0 Å². The number of likely N-dealkylation sites (tertiary alicyclic amines) is 1. The topological polar surface area (TPSA) is 91.7 Å². The van der Waals surface area contributed by atoms with Gasteiger partial charge in [0.2, 0.25) is 0 Å². The van der Waals surface area contributed by atoms with Crippen LogP contribution in [-0.4, -0.2) is 29.5 Å². The molecule has 2 aliphatic rings. The molecule has 1 N–H and O–H groups in total. The molecule has 1 aromatic rings. The normalized spacial score (nSPS) is 25.2. The molecule has 1 aliphatic heterocycles. The summed E-state index contributed by atoms with van der Waals surface area (Å²) in [5.41, 5.74) is 0.168. The van der Waals surface area contributed by atoms with Crippen molar-refractivity contribution in [2.24, 2.45) is 5.92 Å². The molecule has 0 amide bonds. The van der Waals surface area contributed by atoms with Gasteiger partial charge in [-0.1, -0.05) is 37.3 Å². The summed E-state index contributed by atoms with van der Waals surface area (Å²) in [5.74, 6) is -1.05. The van der Waals surface area contributed by atoms with E-state index in [1.807, 2.05) is 37.3 Å². The highest BCUT2D eigenvalue weighted by Gasteiger charge is 2.58. The Labute approximate surface area is 160 Å². The third-order valence-electron chi connectivity index (χ3n) is 5.61. The van der Waals surface area contributed by atoms with Crippen LogP contribution in [0.1, 0.15) is 44.6 Å². The molecule has 5 nitrogen and oxygen atoms in total. The summed E-state index contributed by atoms with van der Waals surface area (Å²) in [6, 6.07) is 13.8. The van der Waals surface area contributed by atoms with Gasteiger partial charge in [0.05, 0.1) is 29.0 Å². The lowest BCUT2D eigenvalue weighted by atomic mass is 9.68. The van der Waals surface area contributed by atoms with Gasteiger partial charge in [-0.2, -0.15) is 10.5 Å². The SMILES string of the molecule is CCCC(=O)[C@H]1C(=N)C(C#N)=C(N2CCCCC2)[C@@]1(C#N)c1ccccc1. The number of rotatable bonds is 5. The average Bonchev–Trinajstić information content (AvgIpc) is 2.98. The second kappa shape index (κ2) is 7.76. The zero-order valence-electron chi connectivity index (χ0n) is 15.7. The van der Waals surface area contributed by atoms with Crippen LogP contribution < -0.4 is 0 Å². The zero-order chi connectivity index (χ0) is 19.4. The Hall–Kier alpha value is -2.92. The van der Waals surface area contributed by atoms with E-state index >= 15 is 0 Å². The number of nitrogens with one attached hydrogen (secondary N) is 1. The van der Waals surface area contributed by atoms with E-state index in [0.29, 0.717) is 24.1 Å². The molecule has 138 valence electrons. The van der Waals surface area contributed by atoms with Crippen molar-refractivity contribution in [2.45, 2.75) is 44.4 Å². The van der Waals surface area contributed by atoms with Crippen LogP contribution in [0.3, 0.4) is 0 Å². The summed E-state index contributed by atoms with van der Waals surface area (Å²) in [4.78, 5) is 15.1. The van der Waals surface area contributed by atoms with Gasteiger partial charge in [-0.3, -0.25) is 4.79 Å². The lowest BCUT2D eigenvalue weighted by Crippen LogP contribution is -2.45. The third kappa shape index (κ3) is 2.94. The monoisotopic (exact) mass is 360 g/mol. The number of carbonyl (C=O) groups is 1. The van der Waals surface area contributed by atoms with Crippen molar-refractivity contribution < 1.29 is 4.79 Å². The van der Waals surface area contributed by atoms with Crippen molar-refractivity contribution in [2.75, 3.05) is 13.1 Å². The van der Waals surface area contributed by atoms with E-state index in [0.717, 1.165) is 32.4 Å². The van der Waals surface area contributed by atoms with E-state index in [-0.39, 0.29) is 17.1 Å². The first kappa shape index (κ1) is 18.9. The lowest BCUT2D eigenvalue weighted by Gasteiger charge is -2.39. The summed E-state index contributed by atoms with van der Waals surface area (Å²) < 4.78 is 0. The smallest absolute Gasteiger partial charge is 0.144 e. The lowest BCUT2D eigenvalue weighted by molar-refractivity contribution is -0.121. The number of allylic oxidation sites excluding steroid dienone is 2. The summed E-state index contributed by atoms with van der Waals surface area (Å²) in [7, 11) is 0. The maximum Gasteiger partial charge on any atom is 0.144 e. The Morgan fingerprint density at radius 2 is 1.89 bits per heavy atom. The molecular weight excluding hydrogens is 336 g/mol. The van der Waals surface area contributed by atoms with Gasteiger partial charge < -0.3 is 10.3 Å². The van der Waals surface area contributed by atoms with Gasteiger partial charge in [-0.15, -0.1) is 0 Å². The van der Waals surface area contributed by atoms with Crippen LogP contribution in [0, 0.1) is 34.0 Å². The maximum absolute atomic E-state index is 13.0. The summed E-state index contributed by atoms with van der Waals surface area (Å²) in [6.07, 6.45) is 4.04. The van der Waals surface area contributed by atoms with Crippen molar-refractivity contribution >= 4 is 11.5 Å². The van der Waals surface area contributed by atoms with Crippen molar-refractivity contribution in [1.82, 2.24) is 4.90 Å². The highest BCUT2D eigenvalue weighted by molar-refractivity contribution is 6.19. The highest BCUT2D eigenvalue weighted by Crippen LogP contribution is 2.50. The van der Waals surface area contributed by atoms with Gasteiger partial charge in [0.25, 0.3) is 0 Å². The van der Waals surface area contributed by atoms with Crippen LogP contribution in [0.25, 0.3) is 0 Å². The second-order valence-corrected chi connectivity index (χ2v) is 7.23. The Morgan fingerprint density at radius 1 is 1.22 bits per heavy atom. The molecule has 27 heavy (non-hydrogen) atoms. The standard InChI is InChI=1S/C22H24N4O/c1-2-9-18(27)19-20(25)17(14-23)21(26-12-7-4-8-13-26)22(19,15-24)16-10-5-3-6-11-16/h3,5-6,10-11,19,25H,2,4,7-9,12-13H2,1H3/t19-,22-/m0/s1. The summed E-state index contributed by atoms with van der Waals surface area (Å²) in [5, 5.41) is 28.9. The molecule has 1 fully saturated rings. The second-order valence-electron chi connectivity index (χ2n) is 7.23. The van der Waals surface area contributed by atoms with E-state index in [4.69, 9.17) is 5.41 Å². The van der Waals surface area contributed by atoms with Crippen LogP contribution in [0.15, 0.2) is 41.6 Å². The van der Waals surface area contributed by atoms with Gasteiger partial charge in [0.1, 0.15) is 17.3 Å². The number of ketones is 1. The van der Waals surface area contributed by atoms with Gasteiger partial charge in [0, 0.05) is 19.5 Å². The molecule has 0 saturated carbocycles. The van der Waals surface area contributed by atoms with Crippen molar-refractivity contribution in [3.63, 3.8) is 0 Å². The number of hydrogen-bond donors (Lipinski definition) is 1. The molecule has 2 atom stereocenters. The van der Waals surface area contributed by atoms with Crippen LogP contribution >= 0.6 is 0 Å². The Balaban J connectivity index is 2.27. The van der Waals surface area contributed by atoms with Gasteiger partial charge >= 0.3 is 0 Å². The molecule has 0 spiro atoms. The first-order valence-corrected chi connectivity index (χ1v) is 9.59. The molecule has 1 aliphatic carbocycles. The van der Waals surface area contributed by atoms with E-state index in [2.05, 4.69) is 17.0 Å². The Bertz CT molecular complexity index is 853. The van der Waals surface area contributed by atoms with Crippen molar-refractivity contribution in [3.05, 3.63) is 47.2 Å². The van der Waals surface area contributed by atoms with Crippen LogP contribution in [-0.2, 0) is 10.2 Å². The molecule has 1 heterocycles. The zero-order valence-corrected chi connectivity index (χ0v) is 15.7. The molecule has 0 radical (unpaired) electrons. The fourth-order valence-electron chi connectivity index (χ4n) is 4.44. The number of Topliss-reactive ketones (excluding diaryl/α,β-unsaturated/α-hetero) is 1. The quantitative estimate of drug-likeness (QED) is 0.866. The first-order chi connectivity index (χ1) is 13.1.